The number of hydrogen-bond acceptors (Lipinski definition) is 2. The van der Waals surface area contributed by atoms with Gasteiger partial charge in [-0.1, -0.05) is 12.1 Å². The molecule has 86 valence electrons. The van der Waals surface area contributed by atoms with Gasteiger partial charge in [-0.15, -0.1) is 0 Å². The summed E-state index contributed by atoms with van der Waals surface area (Å²) in [6, 6.07) is 4.38. The van der Waals surface area contributed by atoms with Crippen LogP contribution >= 0.6 is 0 Å². The lowest BCUT2D eigenvalue weighted by Gasteiger charge is -2.15. The highest BCUT2D eigenvalue weighted by Gasteiger charge is 2.47. The Balaban J connectivity index is 2.35. The molecule has 0 amide bonds. The molecule has 1 aliphatic carbocycles. The second-order valence-corrected chi connectivity index (χ2v) is 4.32. The summed E-state index contributed by atoms with van der Waals surface area (Å²) in [5, 5.41) is 17.8. The first kappa shape index (κ1) is 11.1. The van der Waals surface area contributed by atoms with Crippen LogP contribution in [0.25, 0.3) is 0 Å². The molecule has 0 aliphatic heterocycles. The van der Waals surface area contributed by atoms with Crippen molar-refractivity contribution in [2.45, 2.75) is 31.3 Å². The summed E-state index contributed by atoms with van der Waals surface area (Å²) < 4.78 is 13.6. The van der Waals surface area contributed by atoms with E-state index in [1.165, 1.54) is 12.1 Å². The van der Waals surface area contributed by atoms with Crippen molar-refractivity contribution < 1.29 is 19.4 Å². The smallest absolute Gasteiger partial charge is 0.304 e. The van der Waals surface area contributed by atoms with E-state index >= 15 is 0 Å². The third-order valence-electron chi connectivity index (χ3n) is 3.13. The van der Waals surface area contributed by atoms with E-state index in [4.69, 9.17) is 10.2 Å². The molecule has 3 nitrogen and oxygen atoms in total. The van der Waals surface area contributed by atoms with Crippen molar-refractivity contribution in [2.24, 2.45) is 0 Å². The van der Waals surface area contributed by atoms with Crippen LogP contribution in [0.15, 0.2) is 18.2 Å². The van der Waals surface area contributed by atoms with Gasteiger partial charge in [0.1, 0.15) is 5.82 Å². The molecule has 1 aromatic carbocycles. The minimum absolute atomic E-state index is 0.0429. The summed E-state index contributed by atoms with van der Waals surface area (Å²) in [7, 11) is 0. The van der Waals surface area contributed by atoms with E-state index in [0.29, 0.717) is 24.0 Å². The minimum Gasteiger partial charge on any atom is -0.481 e. The number of aliphatic hydroxyl groups is 1. The second-order valence-electron chi connectivity index (χ2n) is 4.32. The van der Waals surface area contributed by atoms with E-state index in [0.717, 1.165) is 0 Å². The average Bonchev–Trinajstić information content (AvgIpc) is 2.98. The van der Waals surface area contributed by atoms with Crippen LogP contribution in [0, 0.1) is 5.82 Å². The Morgan fingerprint density at radius 3 is 2.62 bits per heavy atom. The van der Waals surface area contributed by atoms with Crippen molar-refractivity contribution in [3.8, 4) is 0 Å². The first-order valence-corrected chi connectivity index (χ1v) is 5.19. The molecule has 1 aliphatic rings. The topological polar surface area (TPSA) is 57.5 Å². The number of carboxylic acids is 1. The molecule has 1 saturated carbocycles. The zero-order valence-electron chi connectivity index (χ0n) is 8.74. The maximum atomic E-state index is 13.6. The van der Waals surface area contributed by atoms with E-state index in [9.17, 15) is 9.18 Å². The molecule has 2 N–H and O–H groups in total. The van der Waals surface area contributed by atoms with Crippen LogP contribution in [0.3, 0.4) is 0 Å². The lowest BCUT2D eigenvalue weighted by molar-refractivity contribution is -0.137. The molecular weight excluding hydrogens is 211 g/mol. The van der Waals surface area contributed by atoms with Gasteiger partial charge in [-0.25, -0.2) is 4.39 Å². The molecule has 0 unspecified atom stereocenters. The van der Waals surface area contributed by atoms with Gasteiger partial charge in [0.05, 0.1) is 13.0 Å². The molecule has 0 saturated heterocycles. The number of rotatable bonds is 4. The predicted octanol–water partition coefficient (Wildman–Crippen LogP) is 1.82. The van der Waals surface area contributed by atoms with Crippen molar-refractivity contribution >= 4 is 5.97 Å². The average molecular weight is 224 g/mol. The fourth-order valence-electron chi connectivity index (χ4n) is 2.06. The molecule has 4 heteroatoms. The van der Waals surface area contributed by atoms with E-state index in [-0.39, 0.29) is 18.8 Å². The van der Waals surface area contributed by atoms with E-state index in [2.05, 4.69) is 0 Å². The van der Waals surface area contributed by atoms with Gasteiger partial charge in [-0.05, 0) is 30.0 Å². The molecule has 1 fully saturated rings. The zero-order valence-corrected chi connectivity index (χ0v) is 8.74. The first-order valence-electron chi connectivity index (χ1n) is 5.19. The number of carboxylic acid groups (broad SMARTS) is 1. The fourth-order valence-corrected chi connectivity index (χ4v) is 2.06. The quantitative estimate of drug-likeness (QED) is 0.820. The Bertz CT molecular complexity index is 424. The normalized spacial score (nSPS) is 17.1. The van der Waals surface area contributed by atoms with Gasteiger partial charge in [0.2, 0.25) is 0 Å². The summed E-state index contributed by atoms with van der Waals surface area (Å²) in [5.74, 6) is -1.29. The van der Waals surface area contributed by atoms with Crippen LogP contribution in [0.1, 0.15) is 30.4 Å². The zero-order chi connectivity index (χ0) is 11.8. The maximum Gasteiger partial charge on any atom is 0.304 e. The second kappa shape index (κ2) is 3.87. The van der Waals surface area contributed by atoms with Crippen LogP contribution in [0.2, 0.25) is 0 Å². The van der Waals surface area contributed by atoms with Crippen LogP contribution in [-0.4, -0.2) is 16.2 Å². The summed E-state index contributed by atoms with van der Waals surface area (Å²) in [5.41, 5.74) is 0.510. The third-order valence-corrected chi connectivity index (χ3v) is 3.13. The summed E-state index contributed by atoms with van der Waals surface area (Å²) >= 11 is 0. The Morgan fingerprint density at radius 1 is 1.44 bits per heavy atom. The number of carbonyl (C=O) groups is 1. The highest BCUT2D eigenvalue weighted by molar-refractivity contribution is 5.70. The molecule has 16 heavy (non-hydrogen) atoms. The SMILES string of the molecule is O=C(O)CC1(c2cc(CO)ccc2F)CC1. The predicted molar refractivity (Wildman–Crippen MR) is 55.5 cm³/mol. The summed E-state index contributed by atoms with van der Waals surface area (Å²) in [4.78, 5) is 10.7. The van der Waals surface area contributed by atoms with Crippen molar-refractivity contribution in [3.05, 3.63) is 35.1 Å². The van der Waals surface area contributed by atoms with Gasteiger partial charge in [-0.2, -0.15) is 0 Å². The Morgan fingerprint density at radius 2 is 2.12 bits per heavy atom. The van der Waals surface area contributed by atoms with Crippen molar-refractivity contribution in [2.75, 3.05) is 0 Å². The van der Waals surface area contributed by atoms with Gasteiger partial charge >= 0.3 is 5.97 Å². The fraction of sp³-hybridized carbons (Fsp3) is 0.417. The molecular formula is C12H13FO3. The van der Waals surface area contributed by atoms with Gasteiger partial charge in [0.15, 0.2) is 0 Å². The largest absolute Gasteiger partial charge is 0.481 e. The van der Waals surface area contributed by atoms with Gasteiger partial charge in [0, 0.05) is 5.41 Å². The molecule has 0 aromatic heterocycles. The molecule has 0 radical (unpaired) electrons. The van der Waals surface area contributed by atoms with E-state index < -0.39 is 11.4 Å². The molecule has 0 heterocycles. The Hall–Kier alpha value is -1.42. The molecule has 1 aromatic rings. The molecule has 0 spiro atoms. The standard InChI is InChI=1S/C12H13FO3/c13-10-2-1-8(7-14)5-9(10)12(3-4-12)6-11(15)16/h1-2,5,14H,3-4,6-7H2,(H,15,16). The Kier molecular flexibility index (Phi) is 2.68. The van der Waals surface area contributed by atoms with Crippen LogP contribution < -0.4 is 0 Å². The molecule has 0 bridgehead atoms. The van der Waals surface area contributed by atoms with Gasteiger partial charge in [-0.3, -0.25) is 4.79 Å². The number of hydrogen-bond donors (Lipinski definition) is 2. The number of aliphatic carboxylic acids is 1. The highest BCUT2D eigenvalue weighted by atomic mass is 19.1. The molecule has 2 rings (SSSR count). The van der Waals surface area contributed by atoms with Crippen LogP contribution in [0.4, 0.5) is 4.39 Å². The number of benzene rings is 1. The maximum absolute atomic E-state index is 13.6. The third kappa shape index (κ3) is 1.93. The van der Waals surface area contributed by atoms with Crippen molar-refractivity contribution in [1.29, 1.82) is 0 Å². The van der Waals surface area contributed by atoms with Crippen molar-refractivity contribution in [1.82, 2.24) is 0 Å². The van der Waals surface area contributed by atoms with Crippen LogP contribution in [0.5, 0.6) is 0 Å². The van der Waals surface area contributed by atoms with Gasteiger partial charge < -0.3 is 10.2 Å². The van der Waals surface area contributed by atoms with Gasteiger partial charge in [0.25, 0.3) is 0 Å². The molecule has 0 atom stereocenters. The van der Waals surface area contributed by atoms with Crippen LogP contribution in [-0.2, 0) is 16.8 Å². The summed E-state index contributed by atoms with van der Waals surface area (Å²) in [6.45, 7) is -0.156. The number of halogens is 1. The highest BCUT2D eigenvalue weighted by Crippen LogP contribution is 2.51. The number of aliphatic hydroxyl groups excluding tert-OH is 1. The lowest BCUT2D eigenvalue weighted by Crippen LogP contribution is -2.15. The summed E-state index contributed by atoms with van der Waals surface area (Å²) in [6.07, 6.45) is 1.36. The minimum atomic E-state index is -0.911. The first-order chi connectivity index (χ1) is 7.57. The van der Waals surface area contributed by atoms with Crippen molar-refractivity contribution in [3.63, 3.8) is 0 Å². The van der Waals surface area contributed by atoms with E-state index in [1.54, 1.807) is 6.07 Å². The monoisotopic (exact) mass is 224 g/mol. The Labute approximate surface area is 92.5 Å². The lowest BCUT2D eigenvalue weighted by atomic mass is 9.91. The van der Waals surface area contributed by atoms with E-state index in [1.807, 2.05) is 0 Å².